The van der Waals surface area contributed by atoms with Crippen molar-refractivity contribution in [2.24, 2.45) is 0 Å². The van der Waals surface area contributed by atoms with Crippen LogP contribution in [-0.2, 0) is 15.5 Å². The molecule has 1 aliphatic heterocycles. The smallest absolute Gasteiger partial charge is 0.209 e. The van der Waals surface area contributed by atoms with Crippen molar-refractivity contribution < 1.29 is 17.5 Å². The van der Waals surface area contributed by atoms with Crippen LogP contribution in [0.4, 0.5) is 5.69 Å². The average Bonchev–Trinajstić information content (AvgIpc) is 2.55. The van der Waals surface area contributed by atoms with Gasteiger partial charge in [0.2, 0.25) is 5.69 Å². The molecule has 0 saturated carbocycles. The number of rotatable bonds is 4. The Bertz CT molecular complexity index is 672. The Hall–Kier alpha value is -1.20. The minimum absolute atomic E-state index is 0.144. The molecule has 1 heterocycles. The maximum absolute atomic E-state index is 11.2. The van der Waals surface area contributed by atoms with Gasteiger partial charge in [-0.3, -0.25) is 0 Å². The fourth-order valence-electron chi connectivity index (χ4n) is 2.72. The van der Waals surface area contributed by atoms with Gasteiger partial charge in [-0.15, -0.1) is 0 Å². The molecule has 110 valence electrons. The van der Waals surface area contributed by atoms with Crippen LogP contribution < -0.4 is 0 Å². The van der Waals surface area contributed by atoms with Crippen molar-refractivity contribution in [1.29, 1.82) is 0 Å². The maximum Gasteiger partial charge on any atom is 0.209 e. The second kappa shape index (κ2) is 4.97. The fraction of sp³-hybridized carbons (Fsp3) is 0.533. The van der Waals surface area contributed by atoms with Crippen molar-refractivity contribution in [3.8, 4) is 0 Å². The molecule has 1 aromatic carbocycles. The van der Waals surface area contributed by atoms with E-state index in [0.717, 1.165) is 30.6 Å². The Morgan fingerprint density at radius 3 is 2.50 bits per heavy atom. The van der Waals surface area contributed by atoms with Crippen LogP contribution in [-0.4, -0.2) is 29.8 Å². The number of benzene rings is 1. The summed E-state index contributed by atoms with van der Waals surface area (Å²) in [7, 11) is -4.40. The van der Waals surface area contributed by atoms with Gasteiger partial charge in [-0.05, 0) is 26.0 Å². The lowest BCUT2D eigenvalue weighted by Crippen LogP contribution is -2.26. The molecular weight excluding hydrogens is 274 g/mol. The van der Waals surface area contributed by atoms with Crippen LogP contribution in [0.3, 0.4) is 0 Å². The Labute approximate surface area is 120 Å². The number of hydrogen-bond acceptors (Lipinski definition) is 3. The van der Waals surface area contributed by atoms with E-state index in [-0.39, 0.29) is 10.3 Å². The van der Waals surface area contributed by atoms with E-state index >= 15 is 0 Å². The van der Waals surface area contributed by atoms with Crippen molar-refractivity contribution in [1.82, 2.24) is 0 Å². The molecule has 0 spiro atoms. The molecule has 0 fully saturated rings. The summed E-state index contributed by atoms with van der Waals surface area (Å²) in [5.41, 5.74) is 2.89. The van der Waals surface area contributed by atoms with E-state index in [1.807, 2.05) is 0 Å². The molecule has 1 aliphatic rings. The molecule has 0 atom stereocenters. The SMILES string of the molecule is CCCC[N+]1=C(C)C(C)(C)c2cc(S(=O)(=O)[O-])ccc21. The molecule has 0 aromatic heterocycles. The lowest BCUT2D eigenvalue weighted by molar-refractivity contribution is -0.439. The summed E-state index contributed by atoms with van der Waals surface area (Å²) in [6.07, 6.45) is 2.18. The first kappa shape index (κ1) is 15.2. The zero-order chi connectivity index (χ0) is 15.1. The first-order chi connectivity index (χ1) is 9.19. The van der Waals surface area contributed by atoms with Gasteiger partial charge >= 0.3 is 0 Å². The van der Waals surface area contributed by atoms with E-state index in [9.17, 15) is 13.0 Å². The van der Waals surface area contributed by atoms with Crippen LogP contribution in [0.15, 0.2) is 23.1 Å². The van der Waals surface area contributed by atoms with Crippen molar-refractivity contribution in [2.75, 3.05) is 6.54 Å². The maximum atomic E-state index is 11.2. The third kappa shape index (κ3) is 2.40. The highest BCUT2D eigenvalue weighted by atomic mass is 32.2. The Morgan fingerprint density at radius 2 is 1.95 bits per heavy atom. The quantitative estimate of drug-likeness (QED) is 0.634. The second-order valence-electron chi connectivity index (χ2n) is 5.85. The summed E-state index contributed by atoms with van der Waals surface area (Å²) in [5.74, 6) is 0. The number of fused-ring (bicyclic) bond motifs is 1. The topological polar surface area (TPSA) is 60.2 Å². The van der Waals surface area contributed by atoms with Crippen LogP contribution in [0, 0.1) is 0 Å². The van der Waals surface area contributed by atoms with Gasteiger partial charge in [-0.2, -0.15) is 4.58 Å². The highest BCUT2D eigenvalue weighted by Gasteiger charge is 2.42. The summed E-state index contributed by atoms with van der Waals surface area (Å²) in [5, 5.41) is 0. The number of nitrogens with zero attached hydrogens (tertiary/aromatic N) is 1. The van der Waals surface area contributed by atoms with Crippen LogP contribution in [0.1, 0.15) is 46.1 Å². The lowest BCUT2D eigenvalue weighted by atomic mass is 9.82. The first-order valence-electron chi connectivity index (χ1n) is 6.91. The van der Waals surface area contributed by atoms with E-state index in [2.05, 4.69) is 32.3 Å². The predicted octanol–water partition coefficient (Wildman–Crippen LogP) is 2.79. The largest absolute Gasteiger partial charge is 0.744 e. The van der Waals surface area contributed by atoms with Gasteiger partial charge in [0.15, 0.2) is 5.71 Å². The van der Waals surface area contributed by atoms with Crippen molar-refractivity contribution >= 4 is 21.5 Å². The van der Waals surface area contributed by atoms with Gasteiger partial charge in [0.1, 0.15) is 16.7 Å². The summed E-state index contributed by atoms with van der Waals surface area (Å²) in [4.78, 5) is -0.144. The lowest BCUT2D eigenvalue weighted by Gasteiger charge is -2.16. The van der Waals surface area contributed by atoms with E-state index in [1.165, 1.54) is 17.8 Å². The molecular formula is C15H21NO3S. The van der Waals surface area contributed by atoms with Crippen molar-refractivity contribution in [3.63, 3.8) is 0 Å². The highest BCUT2D eigenvalue weighted by Crippen LogP contribution is 2.40. The van der Waals surface area contributed by atoms with Crippen LogP contribution in [0.25, 0.3) is 0 Å². The molecule has 0 aliphatic carbocycles. The molecule has 5 heteroatoms. The van der Waals surface area contributed by atoms with E-state index < -0.39 is 10.1 Å². The summed E-state index contributed by atoms with van der Waals surface area (Å²) in [6, 6.07) is 4.70. The zero-order valence-electron chi connectivity index (χ0n) is 12.4. The summed E-state index contributed by atoms with van der Waals surface area (Å²) >= 11 is 0. The zero-order valence-corrected chi connectivity index (χ0v) is 13.3. The molecule has 0 amide bonds. The molecule has 0 unspecified atom stereocenters. The van der Waals surface area contributed by atoms with Gasteiger partial charge < -0.3 is 4.55 Å². The molecule has 0 N–H and O–H groups in total. The molecule has 4 nitrogen and oxygen atoms in total. The van der Waals surface area contributed by atoms with E-state index in [0.29, 0.717) is 0 Å². The molecule has 2 rings (SSSR count). The van der Waals surface area contributed by atoms with Gasteiger partial charge in [0.05, 0.1) is 10.3 Å². The van der Waals surface area contributed by atoms with E-state index in [4.69, 9.17) is 0 Å². The van der Waals surface area contributed by atoms with Crippen molar-refractivity contribution in [3.05, 3.63) is 23.8 Å². The van der Waals surface area contributed by atoms with Gasteiger partial charge in [-0.25, -0.2) is 8.42 Å². The molecule has 20 heavy (non-hydrogen) atoms. The molecule has 0 bridgehead atoms. The third-order valence-corrected chi connectivity index (χ3v) is 5.10. The van der Waals surface area contributed by atoms with Crippen LogP contribution >= 0.6 is 0 Å². The third-order valence-electron chi connectivity index (χ3n) is 4.27. The fourth-order valence-corrected chi connectivity index (χ4v) is 3.22. The molecule has 1 aromatic rings. The van der Waals surface area contributed by atoms with Crippen LogP contribution in [0.2, 0.25) is 0 Å². The van der Waals surface area contributed by atoms with Gasteiger partial charge in [0, 0.05) is 25.0 Å². The highest BCUT2D eigenvalue weighted by molar-refractivity contribution is 7.85. The Morgan fingerprint density at radius 1 is 1.30 bits per heavy atom. The van der Waals surface area contributed by atoms with E-state index in [1.54, 1.807) is 6.07 Å². The van der Waals surface area contributed by atoms with Gasteiger partial charge in [0.25, 0.3) is 0 Å². The summed E-state index contributed by atoms with van der Waals surface area (Å²) in [6.45, 7) is 9.26. The Balaban J connectivity index is 2.57. The molecule has 0 saturated heterocycles. The Kier molecular flexibility index (Phi) is 3.77. The van der Waals surface area contributed by atoms with Crippen LogP contribution in [0.5, 0.6) is 0 Å². The van der Waals surface area contributed by atoms with Crippen molar-refractivity contribution in [2.45, 2.75) is 50.8 Å². The number of unbranched alkanes of at least 4 members (excludes halogenated alkanes) is 1. The summed E-state index contributed by atoms with van der Waals surface area (Å²) < 4.78 is 35.8. The monoisotopic (exact) mass is 295 g/mol. The normalized spacial score (nSPS) is 17.4. The first-order valence-corrected chi connectivity index (χ1v) is 8.32. The predicted molar refractivity (Wildman–Crippen MR) is 77.8 cm³/mol. The minimum atomic E-state index is -4.40. The number of hydrogen-bond donors (Lipinski definition) is 0. The minimum Gasteiger partial charge on any atom is -0.744 e. The van der Waals surface area contributed by atoms with Gasteiger partial charge in [-0.1, -0.05) is 13.3 Å². The molecule has 0 radical (unpaired) electrons. The second-order valence-corrected chi connectivity index (χ2v) is 7.23. The standard InChI is InChI=1S/C15H21NO3S/c1-5-6-9-16-11(2)15(3,4)13-10-12(20(17,18)19)7-8-14(13)16/h7-8,10H,5-6,9H2,1-4H3. The average molecular weight is 295 g/mol.